The molecule has 4 atom stereocenters. The SMILES string of the molecule is CC(C)C(C(=O)NC1CCC2CN(Cc3ccccc3)CC21)c1ccc(O)cc1. The zero-order chi connectivity index (χ0) is 20.4. The lowest BCUT2D eigenvalue weighted by molar-refractivity contribution is -0.124. The van der Waals surface area contributed by atoms with Crippen LogP contribution in [0.15, 0.2) is 54.6 Å². The fraction of sp³-hybridized carbons (Fsp3) is 0.480. The minimum Gasteiger partial charge on any atom is -0.508 e. The highest BCUT2D eigenvalue weighted by atomic mass is 16.3. The molecule has 1 aliphatic carbocycles. The van der Waals surface area contributed by atoms with Gasteiger partial charge in [0.1, 0.15) is 5.75 Å². The van der Waals surface area contributed by atoms with E-state index in [9.17, 15) is 9.90 Å². The molecule has 4 nitrogen and oxygen atoms in total. The number of carbonyl (C=O) groups excluding carboxylic acids is 1. The van der Waals surface area contributed by atoms with Gasteiger partial charge in [0, 0.05) is 25.7 Å². The molecule has 2 aromatic rings. The lowest BCUT2D eigenvalue weighted by atomic mass is 9.87. The molecule has 1 aliphatic heterocycles. The first kappa shape index (κ1) is 20.0. The van der Waals surface area contributed by atoms with Crippen LogP contribution >= 0.6 is 0 Å². The van der Waals surface area contributed by atoms with E-state index in [1.165, 1.54) is 12.0 Å². The Labute approximate surface area is 173 Å². The molecule has 2 aliphatic rings. The third kappa shape index (κ3) is 4.48. The second-order valence-corrected chi connectivity index (χ2v) is 9.11. The van der Waals surface area contributed by atoms with Crippen LogP contribution in [0.25, 0.3) is 0 Å². The largest absolute Gasteiger partial charge is 0.508 e. The number of hydrogen-bond acceptors (Lipinski definition) is 3. The second kappa shape index (κ2) is 8.58. The molecule has 0 spiro atoms. The van der Waals surface area contributed by atoms with E-state index in [1.54, 1.807) is 12.1 Å². The average molecular weight is 393 g/mol. The third-order valence-corrected chi connectivity index (χ3v) is 6.71. The minimum atomic E-state index is -0.184. The van der Waals surface area contributed by atoms with Crippen molar-refractivity contribution in [2.24, 2.45) is 17.8 Å². The van der Waals surface area contributed by atoms with Crippen molar-refractivity contribution in [1.29, 1.82) is 0 Å². The molecule has 29 heavy (non-hydrogen) atoms. The standard InChI is InChI=1S/C25H32N2O2/c1-17(2)24(19-8-11-21(28)12-9-19)25(29)26-23-13-10-20-15-27(16-22(20)23)14-18-6-4-3-5-7-18/h3-9,11-12,17,20,22-24,28H,10,13-16H2,1-2H3,(H,26,29). The Bertz CT molecular complexity index is 818. The summed E-state index contributed by atoms with van der Waals surface area (Å²) >= 11 is 0. The molecule has 0 radical (unpaired) electrons. The molecule has 2 fully saturated rings. The number of likely N-dealkylation sites (tertiary alicyclic amines) is 1. The van der Waals surface area contributed by atoms with E-state index in [-0.39, 0.29) is 29.5 Å². The molecule has 154 valence electrons. The van der Waals surface area contributed by atoms with Gasteiger partial charge >= 0.3 is 0 Å². The number of hydrogen-bond donors (Lipinski definition) is 2. The summed E-state index contributed by atoms with van der Waals surface area (Å²) in [5.41, 5.74) is 2.34. The van der Waals surface area contributed by atoms with Crippen LogP contribution < -0.4 is 5.32 Å². The Morgan fingerprint density at radius 2 is 1.79 bits per heavy atom. The molecule has 1 amide bonds. The fourth-order valence-corrected chi connectivity index (χ4v) is 5.30. The van der Waals surface area contributed by atoms with Gasteiger partial charge in [0.05, 0.1) is 5.92 Å². The summed E-state index contributed by atoms with van der Waals surface area (Å²) in [7, 11) is 0. The molecule has 2 aromatic carbocycles. The third-order valence-electron chi connectivity index (χ3n) is 6.71. The van der Waals surface area contributed by atoms with Gasteiger partial charge in [0.2, 0.25) is 5.91 Å². The Morgan fingerprint density at radius 1 is 1.07 bits per heavy atom. The van der Waals surface area contributed by atoms with Crippen molar-refractivity contribution < 1.29 is 9.90 Å². The van der Waals surface area contributed by atoms with Crippen molar-refractivity contribution in [3.63, 3.8) is 0 Å². The van der Waals surface area contributed by atoms with Gasteiger partial charge in [-0.1, -0.05) is 56.3 Å². The molecule has 4 heteroatoms. The van der Waals surface area contributed by atoms with E-state index in [1.807, 2.05) is 12.1 Å². The summed E-state index contributed by atoms with van der Waals surface area (Å²) in [5, 5.41) is 13.0. The quantitative estimate of drug-likeness (QED) is 0.776. The monoisotopic (exact) mass is 392 g/mol. The van der Waals surface area contributed by atoms with Crippen LogP contribution in [-0.2, 0) is 11.3 Å². The number of phenolic OH excluding ortho intramolecular Hbond substituents is 1. The van der Waals surface area contributed by atoms with Gasteiger partial charge in [0.15, 0.2) is 0 Å². The molecule has 1 saturated carbocycles. The normalized spacial score (nSPS) is 25.1. The molecular weight excluding hydrogens is 360 g/mol. The van der Waals surface area contributed by atoms with E-state index in [0.29, 0.717) is 11.8 Å². The number of phenols is 1. The minimum absolute atomic E-state index is 0.123. The van der Waals surface area contributed by atoms with Crippen molar-refractivity contribution >= 4 is 5.91 Å². The van der Waals surface area contributed by atoms with E-state index in [0.717, 1.165) is 31.6 Å². The van der Waals surface area contributed by atoms with E-state index >= 15 is 0 Å². The Morgan fingerprint density at radius 3 is 2.48 bits per heavy atom. The van der Waals surface area contributed by atoms with Crippen LogP contribution in [0, 0.1) is 17.8 Å². The van der Waals surface area contributed by atoms with Gasteiger partial charge in [0.25, 0.3) is 0 Å². The van der Waals surface area contributed by atoms with E-state index in [4.69, 9.17) is 0 Å². The van der Waals surface area contributed by atoms with Gasteiger partial charge in [-0.15, -0.1) is 0 Å². The smallest absolute Gasteiger partial charge is 0.228 e. The highest BCUT2D eigenvalue weighted by molar-refractivity contribution is 5.84. The molecule has 2 N–H and O–H groups in total. The second-order valence-electron chi connectivity index (χ2n) is 9.11. The van der Waals surface area contributed by atoms with E-state index < -0.39 is 0 Å². The summed E-state index contributed by atoms with van der Waals surface area (Å²) in [4.78, 5) is 15.7. The highest BCUT2D eigenvalue weighted by Gasteiger charge is 2.43. The van der Waals surface area contributed by atoms with Gasteiger partial charge in [-0.05, 0) is 53.9 Å². The molecular formula is C25H32N2O2. The van der Waals surface area contributed by atoms with Crippen molar-refractivity contribution in [1.82, 2.24) is 10.2 Å². The Balaban J connectivity index is 1.40. The number of rotatable bonds is 6. The number of fused-ring (bicyclic) bond motifs is 1. The molecule has 1 heterocycles. The van der Waals surface area contributed by atoms with Gasteiger partial charge < -0.3 is 10.4 Å². The number of nitrogens with one attached hydrogen (secondary N) is 1. The number of aromatic hydroxyl groups is 1. The Hall–Kier alpha value is -2.33. The molecule has 1 saturated heterocycles. The average Bonchev–Trinajstić information content (AvgIpc) is 3.25. The van der Waals surface area contributed by atoms with Crippen LogP contribution in [-0.4, -0.2) is 35.0 Å². The summed E-state index contributed by atoms with van der Waals surface area (Å²) in [6.45, 7) is 7.38. The number of nitrogens with zero attached hydrogens (tertiary/aromatic N) is 1. The summed E-state index contributed by atoms with van der Waals surface area (Å²) in [5.74, 6) is 1.62. The first-order chi connectivity index (χ1) is 14.0. The summed E-state index contributed by atoms with van der Waals surface area (Å²) < 4.78 is 0. The van der Waals surface area contributed by atoms with Crippen LogP contribution in [0.5, 0.6) is 5.75 Å². The van der Waals surface area contributed by atoms with E-state index in [2.05, 4.69) is 54.4 Å². The first-order valence-corrected chi connectivity index (χ1v) is 10.9. The fourth-order valence-electron chi connectivity index (χ4n) is 5.30. The maximum Gasteiger partial charge on any atom is 0.228 e. The zero-order valence-electron chi connectivity index (χ0n) is 17.4. The van der Waals surface area contributed by atoms with Gasteiger partial charge in [-0.2, -0.15) is 0 Å². The summed E-state index contributed by atoms with van der Waals surface area (Å²) in [6, 6.07) is 18.0. The number of benzene rings is 2. The predicted molar refractivity (Wildman–Crippen MR) is 116 cm³/mol. The van der Waals surface area contributed by atoms with Crippen molar-refractivity contribution in [2.75, 3.05) is 13.1 Å². The lowest BCUT2D eigenvalue weighted by Gasteiger charge is -2.26. The van der Waals surface area contributed by atoms with Gasteiger partial charge in [-0.3, -0.25) is 9.69 Å². The Kier molecular flexibility index (Phi) is 5.91. The molecule has 0 bridgehead atoms. The lowest BCUT2D eigenvalue weighted by Crippen LogP contribution is -2.43. The van der Waals surface area contributed by atoms with Crippen LogP contribution in [0.4, 0.5) is 0 Å². The zero-order valence-corrected chi connectivity index (χ0v) is 17.4. The van der Waals surface area contributed by atoms with Crippen LogP contribution in [0.1, 0.15) is 43.7 Å². The summed E-state index contributed by atoms with van der Waals surface area (Å²) in [6.07, 6.45) is 2.28. The number of amides is 1. The molecule has 4 unspecified atom stereocenters. The number of carbonyl (C=O) groups is 1. The van der Waals surface area contributed by atoms with Gasteiger partial charge in [-0.25, -0.2) is 0 Å². The highest BCUT2D eigenvalue weighted by Crippen LogP contribution is 2.39. The maximum absolute atomic E-state index is 13.2. The maximum atomic E-state index is 13.2. The topological polar surface area (TPSA) is 52.6 Å². The van der Waals surface area contributed by atoms with Crippen molar-refractivity contribution in [2.45, 2.75) is 45.2 Å². The van der Waals surface area contributed by atoms with Crippen LogP contribution in [0.2, 0.25) is 0 Å². The van der Waals surface area contributed by atoms with Crippen molar-refractivity contribution in [3.8, 4) is 5.75 Å². The molecule has 0 aromatic heterocycles. The predicted octanol–water partition coefficient (Wildman–Crippen LogP) is 4.16. The van der Waals surface area contributed by atoms with Crippen LogP contribution in [0.3, 0.4) is 0 Å². The first-order valence-electron chi connectivity index (χ1n) is 10.9. The van der Waals surface area contributed by atoms with Crippen molar-refractivity contribution in [3.05, 3.63) is 65.7 Å². The molecule has 4 rings (SSSR count).